The second kappa shape index (κ2) is 8.47. The van der Waals surface area contributed by atoms with E-state index in [0.29, 0.717) is 30.6 Å². The summed E-state index contributed by atoms with van der Waals surface area (Å²) in [5.74, 6) is -0.448. The molecular formula is C22H26N2O4S. The first-order chi connectivity index (χ1) is 13.7. The zero-order valence-corrected chi connectivity index (χ0v) is 17.8. The highest BCUT2D eigenvalue weighted by Gasteiger charge is 2.37. The number of Topliss-reactive ketones (excluding diaryl/α,β-unsaturated/α-hetero) is 1. The van der Waals surface area contributed by atoms with Crippen LogP contribution < -0.4 is 5.32 Å². The maximum atomic E-state index is 13.2. The molecule has 1 fully saturated rings. The number of amides is 1. The zero-order chi connectivity index (χ0) is 21.2. The Kier molecular flexibility index (Phi) is 6.19. The van der Waals surface area contributed by atoms with Crippen molar-refractivity contribution in [2.75, 3.05) is 11.9 Å². The molecule has 1 heterocycles. The molecule has 1 aliphatic rings. The van der Waals surface area contributed by atoms with Gasteiger partial charge in [0.25, 0.3) is 0 Å². The molecule has 0 aromatic heterocycles. The van der Waals surface area contributed by atoms with E-state index < -0.39 is 16.1 Å². The van der Waals surface area contributed by atoms with Gasteiger partial charge in [0.05, 0.1) is 4.90 Å². The lowest BCUT2D eigenvalue weighted by atomic mass is 10.0. The van der Waals surface area contributed by atoms with Crippen molar-refractivity contribution in [1.82, 2.24) is 4.31 Å². The third kappa shape index (κ3) is 4.74. The topological polar surface area (TPSA) is 83.6 Å². The van der Waals surface area contributed by atoms with Crippen LogP contribution in [0, 0.1) is 13.8 Å². The van der Waals surface area contributed by atoms with Crippen molar-refractivity contribution < 1.29 is 18.0 Å². The molecule has 1 unspecified atom stereocenters. The van der Waals surface area contributed by atoms with Crippen LogP contribution in [0.3, 0.4) is 0 Å². The average molecular weight is 415 g/mol. The van der Waals surface area contributed by atoms with E-state index in [1.54, 1.807) is 0 Å². The molecule has 0 spiro atoms. The highest BCUT2D eigenvalue weighted by atomic mass is 32.2. The molecule has 29 heavy (non-hydrogen) atoms. The quantitative estimate of drug-likeness (QED) is 0.757. The number of ketones is 1. The van der Waals surface area contributed by atoms with E-state index in [-0.39, 0.29) is 16.6 Å². The fourth-order valence-corrected chi connectivity index (χ4v) is 5.38. The number of hydrogen-bond donors (Lipinski definition) is 1. The Hall–Kier alpha value is -2.51. The van der Waals surface area contributed by atoms with Crippen molar-refractivity contribution in [2.45, 2.75) is 51.0 Å². The SMILES string of the molecule is CC(=O)c1ccc(S(=O)(=O)N2CCCCC2C(=O)Nc2cc(C)cc(C)c2)cc1. The highest BCUT2D eigenvalue weighted by molar-refractivity contribution is 7.89. The first-order valence-electron chi connectivity index (χ1n) is 9.70. The van der Waals surface area contributed by atoms with Crippen molar-refractivity contribution in [1.29, 1.82) is 0 Å². The molecule has 154 valence electrons. The molecule has 7 heteroatoms. The van der Waals surface area contributed by atoms with Gasteiger partial charge in [0.1, 0.15) is 6.04 Å². The van der Waals surface area contributed by atoms with Crippen LogP contribution in [0.25, 0.3) is 0 Å². The summed E-state index contributed by atoms with van der Waals surface area (Å²) < 4.78 is 27.7. The third-order valence-electron chi connectivity index (χ3n) is 5.11. The van der Waals surface area contributed by atoms with Crippen LogP contribution in [0.4, 0.5) is 5.69 Å². The van der Waals surface area contributed by atoms with Crippen molar-refractivity contribution in [3.8, 4) is 0 Å². The van der Waals surface area contributed by atoms with Gasteiger partial charge in [-0.2, -0.15) is 4.31 Å². The highest BCUT2D eigenvalue weighted by Crippen LogP contribution is 2.27. The minimum atomic E-state index is -3.85. The monoisotopic (exact) mass is 414 g/mol. The molecule has 0 aliphatic carbocycles. The lowest BCUT2D eigenvalue weighted by Crippen LogP contribution is -2.49. The molecule has 2 aromatic carbocycles. The first kappa shape index (κ1) is 21.2. The fraction of sp³-hybridized carbons (Fsp3) is 0.364. The van der Waals surface area contributed by atoms with Gasteiger partial charge in [-0.15, -0.1) is 0 Å². The molecular weight excluding hydrogens is 388 g/mol. The number of hydrogen-bond acceptors (Lipinski definition) is 4. The number of piperidine rings is 1. The maximum absolute atomic E-state index is 13.2. The van der Waals surface area contributed by atoms with Crippen LogP contribution in [0.1, 0.15) is 47.7 Å². The Morgan fingerprint density at radius 2 is 1.62 bits per heavy atom. The molecule has 0 radical (unpaired) electrons. The first-order valence-corrected chi connectivity index (χ1v) is 11.1. The summed E-state index contributed by atoms with van der Waals surface area (Å²) in [5.41, 5.74) is 3.17. The molecule has 1 saturated heterocycles. The zero-order valence-electron chi connectivity index (χ0n) is 16.9. The van der Waals surface area contributed by atoms with E-state index >= 15 is 0 Å². The van der Waals surface area contributed by atoms with Crippen molar-refractivity contribution in [2.24, 2.45) is 0 Å². The predicted molar refractivity (Wildman–Crippen MR) is 113 cm³/mol. The largest absolute Gasteiger partial charge is 0.325 e. The Labute approximate surface area is 172 Å². The summed E-state index contributed by atoms with van der Waals surface area (Å²) in [6.45, 7) is 5.62. The van der Waals surface area contributed by atoms with Gasteiger partial charge in [0.15, 0.2) is 5.78 Å². The van der Waals surface area contributed by atoms with E-state index in [2.05, 4.69) is 5.32 Å². The van der Waals surface area contributed by atoms with E-state index in [1.165, 1.54) is 35.5 Å². The molecule has 0 bridgehead atoms. The van der Waals surface area contributed by atoms with Gasteiger partial charge in [-0.25, -0.2) is 8.42 Å². The Balaban J connectivity index is 1.86. The second-order valence-corrected chi connectivity index (χ2v) is 9.46. The van der Waals surface area contributed by atoms with Crippen LogP contribution in [0.5, 0.6) is 0 Å². The number of nitrogens with zero attached hydrogens (tertiary/aromatic N) is 1. The van der Waals surface area contributed by atoms with Gasteiger partial charge in [-0.05, 0) is 69.0 Å². The summed E-state index contributed by atoms with van der Waals surface area (Å²) in [4.78, 5) is 24.5. The van der Waals surface area contributed by atoms with Gasteiger partial charge < -0.3 is 5.32 Å². The fourth-order valence-electron chi connectivity index (χ4n) is 3.72. The van der Waals surface area contributed by atoms with Gasteiger partial charge in [0.2, 0.25) is 15.9 Å². The molecule has 3 rings (SSSR count). The summed E-state index contributed by atoms with van der Waals surface area (Å²) in [6, 6.07) is 10.9. The number of carbonyl (C=O) groups excluding carboxylic acids is 2. The number of anilines is 1. The Morgan fingerprint density at radius 3 is 2.21 bits per heavy atom. The van der Waals surface area contributed by atoms with Crippen LogP contribution in [-0.4, -0.2) is 37.0 Å². The van der Waals surface area contributed by atoms with E-state index in [9.17, 15) is 18.0 Å². The van der Waals surface area contributed by atoms with Gasteiger partial charge in [0, 0.05) is 17.8 Å². The smallest absolute Gasteiger partial charge is 0.243 e. The molecule has 1 aliphatic heterocycles. The number of benzene rings is 2. The third-order valence-corrected chi connectivity index (χ3v) is 7.04. The molecule has 0 saturated carbocycles. The molecule has 1 atom stereocenters. The number of rotatable bonds is 5. The van der Waals surface area contributed by atoms with E-state index in [0.717, 1.165) is 17.5 Å². The number of sulfonamides is 1. The normalized spacial score (nSPS) is 17.7. The van der Waals surface area contributed by atoms with E-state index in [1.807, 2.05) is 32.0 Å². The summed E-state index contributed by atoms with van der Waals surface area (Å²) in [6.07, 6.45) is 1.97. The molecule has 1 amide bonds. The Bertz CT molecular complexity index is 1010. The van der Waals surface area contributed by atoms with Crippen LogP contribution in [0.2, 0.25) is 0 Å². The molecule has 1 N–H and O–H groups in total. The van der Waals surface area contributed by atoms with Crippen LogP contribution >= 0.6 is 0 Å². The predicted octanol–water partition coefficient (Wildman–Crippen LogP) is 3.69. The van der Waals surface area contributed by atoms with E-state index in [4.69, 9.17) is 0 Å². The number of aryl methyl sites for hydroxylation is 2. The van der Waals surface area contributed by atoms with Crippen LogP contribution in [0.15, 0.2) is 47.4 Å². The van der Waals surface area contributed by atoms with Gasteiger partial charge in [-0.3, -0.25) is 9.59 Å². The lowest BCUT2D eigenvalue weighted by molar-refractivity contribution is -0.120. The van der Waals surface area contributed by atoms with Crippen LogP contribution in [-0.2, 0) is 14.8 Å². The number of nitrogens with one attached hydrogen (secondary N) is 1. The van der Waals surface area contributed by atoms with Crippen molar-refractivity contribution >= 4 is 27.4 Å². The standard InChI is InChI=1S/C22H26N2O4S/c1-15-12-16(2)14-19(13-15)23-22(26)21-6-4-5-11-24(21)29(27,28)20-9-7-18(8-10-20)17(3)25/h7-10,12-14,21H,4-6,11H2,1-3H3,(H,23,26). The lowest BCUT2D eigenvalue weighted by Gasteiger charge is -2.33. The van der Waals surface area contributed by atoms with Crippen molar-refractivity contribution in [3.63, 3.8) is 0 Å². The van der Waals surface area contributed by atoms with Gasteiger partial charge in [-0.1, -0.05) is 24.6 Å². The minimum Gasteiger partial charge on any atom is -0.325 e. The Morgan fingerprint density at radius 1 is 1.00 bits per heavy atom. The molecule has 2 aromatic rings. The molecule has 6 nitrogen and oxygen atoms in total. The van der Waals surface area contributed by atoms with Crippen molar-refractivity contribution in [3.05, 3.63) is 59.2 Å². The summed E-state index contributed by atoms with van der Waals surface area (Å²) in [7, 11) is -3.85. The summed E-state index contributed by atoms with van der Waals surface area (Å²) >= 11 is 0. The number of carbonyl (C=O) groups is 2. The average Bonchev–Trinajstić information content (AvgIpc) is 2.67. The second-order valence-electron chi connectivity index (χ2n) is 7.57. The maximum Gasteiger partial charge on any atom is 0.243 e. The summed E-state index contributed by atoms with van der Waals surface area (Å²) in [5, 5.41) is 2.88. The van der Waals surface area contributed by atoms with Gasteiger partial charge >= 0.3 is 0 Å². The minimum absolute atomic E-state index is 0.0913.